The molecule has 0 aromatic heterocycles. The van der Waals surface area contributed by atoms with E-state index in [4.69, 9.17) is 5.73 Å². The third-order valence-corrected chi connectivity index (χ3v) is 5.05. The molecule has 0 bridgehead atoms. The first-order valence-corrected chi connectivity index (χ1v) is 7.73. The summed E-state index contributed by atoms with van der Waals surface area (Å²) in [5, 5.41) is 3.65. The number of anilines is 1. The van der Waals surface area contributed by atoms with Crippen LogP contribution in [0.15, 0.2) is 66.4 Å². The van der Waals surface area contributed by atoms with Crippen molar-refractivity contribution in [2.24, 2.45) is 5.73 Å². The summed E-state index contributed by atoms with van der Waals surface area (Å²) in [6.45, 7) is 4.34. The van der Waals surface area contributed by atoms with Crippen molar-refractivity contribution in [3.8, 4) is 0 Å². The molecule has 1 aliphatic carbocycles. The van der Waals surface area contributed by atoms with Gasteiger partial charge < -0.3 is 11.1 Å². The molecule has 0 amide bonds. The highest BCUT2D eigenvalue weighted by Gasteiger charge is 2.45. The van der Waals surface area contributed by atoms with E-state index in [-0.39, 0.29) is 11.5 Å². The van der Waals surface area contributed by atoms with Gasteiger partial charge >= 0.3 is 0 Å². The molecular formula is C20H20N2. The summed E-state index contributed by atoms with van der Waals surface area (Å²) in [6.07, 6.45) is 4.48. The first kappa shape index (κ1) is 13.2. The van der Waals surface area contributed by atoms with Crippen molar-refractivity contribution in [1.29, 1.82) is 0 Å². The van der Waals surface area contributed by atoms with Gasteiger partial charge in [-0.15, -0.1) is 0 Å². The maximum absolute atomic E-state index is 6.64. The van der Waals surface area contributed by atoms with Crippen LogP contribution in [-0.2, 0) is 0 Å². The van der Waals surface area contributed by atoms with E-state index in [2.05, 4.69) is 79.8 Å². The first-order valence-electron chi connectivity index (χ1n) is 7.73. The molecule has 2 atom stereocenters. The number of allylic oxidation sites excluding steroid dienone is 2. The summed E-state index contributed by atoms with van der Waals surface area (Å²) >= 11 is 0. The van der Waals surface area contributed by atoms with Crippen LogP contribution in [0.4, 0.5) is 5.69 Å². The zero-order valence-corrected chi connectivity index (χ0v) is 12.9. The minimum atomic E-state index is -0.254. The van der Waals surface area contributed by atoms with Gasteiger partial charge in [-0.05, 0) is 36.6 Å². The molecule has 4 rings (SSSR count). The molecule has 22 heavy (non-hydrogen) atoms. The zero-order valence-electron chi connectivity index (χ0n) is 12.9. The van der Waals surface area contributed by atoms with E-state index in [0.29, 0.717) is 0 Å². The maximum atomic E-state index is 6.64. The molecule has 3 N–H and O–H groups in total. The number of hydrogen-bond donors (Lipinski definition) is 2. The van der Waals surface area contributed by atoms with E-state index < -0.39 is 0 Å². The molecule has 2 aromatic rings. The Bertz CT molecular complexity index is 816. The monoisotopic (exact) mass is 288 g/mol. The van der Waals surface area contributed by atoms with Gasteiger partial charge in [0.25, 0.3) is 0 Å². The van der Waals surface area contributed by atoms with Crippen LogP contribution in [0.5, 0.6) is 0 Å². The Morgan fingerprint density at radius 1 is 1.05 bits per heavy atom. The zero-order chi connectivity index (χ0) is 15.3. The Balaban J connectivity index is 1.87. The number of rotatable bonds is 1. The second-order valence-corrected chi connectivity index (χ2v) is 6.39. The van der Waals surface area contributed by atoms with Crippen LogP contribution in [0.2, 0.25) is 0 Å². The molecule has 0 saturated heterocycles. The summed E-state index contributed by atoms with van der Waals surface area (Å²) in [7, 11) is 0. The topological polar surface area (TPSA) is 38.0 Å². The predicted molar refractivity (Wildman–Crippen MR) is 92.6 cm³/mol. The van der Waals surface area contributed by atoms with Crippen LogP contribution >= 0.6 is 0 Å². The fourth-order valence-corrected chi connectivity index (χ4v) is 3.75. The van der Waals surface area contributed by atoms with Crippen molar-refractivity contribution >= 4 is 11.3 Å². The molecule has 0 spiro atoms. The molecule has 0 saturated carbocycles. The third-order valence-electron chi connectivity index (χ3n) is 5.05. The molecule has 2 aliphatic rings. The Kier molecular flexibility index (Phi) is 2.70. The molecule has 0 fully saturated rings. The molecule has 2 heteroatoms. The molecule has 2 unspecified atom stereocenters. The number of aryl methyl sites for hydroxylation is 1. The highest BCUT2D eigenvalue weighted by atomic mass is 15.1. The Hall–Kier alpha value is -2.48. The van der Waals surface area contributed by atoms with Crippen molar-refractivity contribution < 1.29 is 0 Å². The molecule has 110 valence electrons. The lowest BCUT2D eigenvalue weighted by Crippen LogP contribution is -2.43. The van der Waals surface area contributed by atoms with Crippen molar-refractivity contribution in [2.45, 2.75) is 25.3 Å². The molecule has 0 radical (unpaired) electrons. The Morgan fingerprint density at radius 2 is 1.77 bits per heavy atom. The lowest BCUT2D eigenvalue weighted by atomic mass is 9.75. The minimum Gasteiger partial charge on any atom is -0.400 e. The summed E-state index contributed by atoms with van der Waals surface area (Å²) in [5.74, 6) is 0.288. The smallest absolute Gasteiger partial charge is 0.0850 e. The predicted octanol–water partition coefficient (Wildman–Crippen LogP) is 4.20. The van der Waals surface area contributed by atoms with Crippen LogP contribution in [-0.4, -0.2) is 5.54 Å². The first-order chi connectivity index (χ1) is 10.6. The van der Waals surface area contributed by atoms with E-state index in [1.165, 1.54) is 22.4 Å². The van der Waals surface area contributed by atoms with Gasteiger partial charge in [-0.3, -0.25) is 0 Å². The maximum Gasteiger partial charge on any atom is 0.0850 e. The molecule has 1 aliphatic heterocycles. The Morgan fingerprint density at radius 3 is 2.59 bits per heavy atom. The van der Waals surface area contributed by atoms with Gasteiger partial charge in [0.05, 0.1) is 5.54 Å². The van der Waals surface area contributed by atoms with Gasteiger partial charge in [0, 0.05) is 22.9 Å². The van der Waals surface area contributed by atoms with Crippen LogP contribution in [0, 0.1) is 6.92 Å². The lowest BCUT2D eigenvalue weighted by molar-refractivity contribution is 0.557. The molecule has 2 nitrogen and oxygen atoms in total. The van der Waals surface area contributed by atoms with Crippen molar-refractivity contribution in [3.63, 3.8) is 0 Å². The third kappa shape index (κ3) is 1.67. The van der Waals surface area contributed by atoms with E-state index in [1.54, 1.807) is 0 Å². The Labute approximate surface area is 131 Å². The number of nitrogens with one attached hydrogen (secondary N) is 1. The number of nitrogens with two attached hydrogens (primary N) is 1. The number of hydrogen-bond acceptors (Lipinski definition) is 2. The standard InChI is InChI=1S/C20H20N2/c1-13-7-3-4-8-14(13)15-11-12-17-16-9-5-6-10-18(16)22-20(17,2)19(15)21/h3-12,17,22H,21H2,1-2H3. The van der Waals surface area contributed by atoms with Crippen LogP contribution in [0.25, 0.3) is 5.57 Å². The SMILES string of the molecule is Cc1ccccc1C1=C(N)C2(C)Nc3ccccc3C2C=C1. The minimum absolute atomic E-state index is 0.254. The van der Waals surface area contributed by atoms with Gasteiger partial charge in [-0.2, -0.15) is 0 Å². The van der Waals surface area contributed by atoms with E-state index in [9.17, 15) is 0 Å². The van der Waals surface area contributed by atoms with Gasteiger partial charge in [-0.25, -0.2) is 0 Å². The van der Waals surface area contributed by atoms with Crippen LogP contribution < -0.4 is 11.1 Å². The van der Waals surface area contributed by atoms with Gasteiger partial charge in [0.2, 0.25) is 0 Å². The fourth-order valence-electron chi connectivity index (χ4n) is 3.75. The quantitative estimate of drug-likeness (QED) is 0.825. The normalized spacial score (nSPS) is 25.6. The van der Waals surface area contributed by atoms with Gasteiger partial charge in [0.1, 0.15) is 0 Å². The second kappa shape index (κ2) is 4.51. The fraction of sp³-hybridized carbons (Fsp3) is 0.200. The number of fused-ring (bicyclic) bond motifs is 3. The van der Waals surface area contributed by atoms with Gasteiger partial charge in [0.15, 0.2) is 0 Å². The lowest BCUT2D eigenvalue weighted by Gasteiger charge is -2.36. The van der Waals surface area contributed by atoms with Crippen LogP contribution in [0.3, 0.4) is 0 Å². The average molecular weight is 288 g/mol. The highest BCUT2D eigenvalue weighted by molar-refractivity contribution is 5.84. The number of para-hydroxylation sites is 1. The molecular weight excluding hydrogens is 268 g/mol. The van der Waals surface area contributed by atoms with E-state index >= 15 is 0 Å². The van der Waals surface area contributed by atoms with Gasteiger partial charge in [-0.1, -0.05) is 54.6 Å². The molecule has 2 aromatic carbocycles. The average Bonchev–Trinajstić information content (AvgIpc) is 2.82. The number of benzene rings is 2. The summed E-state index contributed by atoms with van der Waals surface area (Å²) in [5.41, 5.74) is 13.4. The largest absolute Gasteiger partial charge is 0.400 e. The van der Waals surface area contributed by atoms with E-state index in [0.717, 1.165) is 11.3 Å². The summed E-state index contributed by atoms with van der Waals surface area (Å²) in [4.78, 5) is 0. The highest BCUT2D eigenvalue weighted by Crippen LogP contribution is 2.49. The molecule has 1 heterocycles. The summed E-state index contributed by atoms with van der Waals surface area (Å²) in [6, 6.07) is 16.9. The second-order valence-electron chi connectivity index (χ2n) is 6.39. The summed E-state index contributed by atoms with van der Waals surface area (Å²) < 4.78 is 0. The van der Waals surface area contributed by atoms with E-state index in [1.807, 2.05) is 0 Å². The van der Waals surface area contributed by atoms with Crippen molar-refractivity contribution in [1.82, 2.24) is 0 Å². The van der Waals surface area contributed by atoms with Crippen molar-refractivity contribution in [3.05, 3.63) is 83.1 Å². The van der Waals surface area contributed by atoms with Crippen LogP contribution in [0.1, 0.15) is 29.5 Å². The van der Waals surface area contributed by atoms with Crippen molar-refractivity contribution in [2.75, 3.05) is 5.32 Å².